The lowest BCUT2D eigenvalue weighted by Crippen LogP contribution is -2.29. The van der Waals surface area contributed by atoms with E-state index in [0.29, 0.717) is 28.2 Å². The standard InChI is InChI=1S/C20H26N6O2/c1-5-11-26(12-6-2)20-22-16-15(24-25(4)17(16)19(28)23-20)13-7-9-14(10-8-13)18(27)21-3/h7-10H,5-6,11-12H2,1-4H3,(H,21,27)(H,22,23,28). The summed E-state index contributed by atoms with van der Waals surface area (Å²) in [6.45, 7) is 5.84. The average molecular weight is 382 g/mol. The number of hydrogen-bond donors (Lipinski definition) is 2. The molecule has 0 bridgehead atoms. The van der Waals surface area contributed by atoms with Crippen molar-refractivity contribution in [3.05, 3.63) is 40.2 Å². The molecule has 2 N–H and O–H groups in total. The van der Waals surface area contributed by atoms with Crippen molar-refractivity contribution >= 4 is 22.9 Å². The van der Waals surface area contributed by atoms with E-state index in [1.54, 1.807) is 30.9 Å². The fraction of sp³-hybridized carbons (Fsp3) is 0.400. The van der Waals surface area contributed by atoms with Crippen LogP contribution in [0.2, 0.25) is 0 Å². The predicted molar refractivity (Wildman–Crippen MR) is 111 cm³/mol. The van der Waals surface area contributed by atoms with Gasteiger partial charge >= 0.3 is 0 Å². The Labute approximate surface area is 163 Å². The first-order valence-electron chi connectivity index (χ1n) is 9.54. The Morgan fingerprint density at radius 1 is 1.18 bits per heavy atom. The molecule has 2 aromatic heterocycles. The zero-order chi connectivity index (χ0) is 20.3. The normalized spacial score (nSPS) is 11.0. The number of anilines is 1. The quantitative estimate of drug-likeness (QED) is 0.654. The molecule has 3 rings (SSSR count). The Balaban J connectivity index is 2.13. The van der Waals surface area contributed by atoms with Crippen LogP contribution < -0.4 is 15.8 Å². The lowest BCUT2D eigenvalue weighted by Gasteiger charge is -2.21. The van der Waals surface area contributed by atoms with Crippen molar-refractivity contribution in [3.8, 4) is 11.3 Å². The summed E-state index contributed by atoms with van der Waals surface area (Å²) in [6, 6.07) is 7.13. The molecule has 0 saturated heterocycles. The third-order valence-electron chi connectivity index (χ3n) is 4.61. The van der Waals surface area contributed by atoms with Crippen molar-refractivity contribution in [2.45, 2.75) is 26.7 Å². The third kappa shape index (κ3) is 3.62. The van der Waals surface area contributed by atoms with E-state index in [2.05, 4.69) is 34.1 Å². The molecule has 0 aliphatic carbocycles. The molecule has 8 heteroatoms. The van der Waals surface area contributed by atoms with Crippen molar-refractivity contribution in [2.24, 2.45) is 7.05 Å². The average Bonchev–Trinajstić information content (AvgIpc) is 3.04. The lowest BCUT2D eigenvalue weighted by atomic mass is 10.1. The van der Waals surface area contributed by atoms with E-state index in [1.165, 1.54) is 0 Å². The van der Waals surface area contributed by atoms with Gasteiger partial charge in [0.15, 0.2) is 5.52 Å². The number of aryl methyl sites for hydroxylation is 1. The van der Waals surface area contributed by atoms with E-state index in [0.717, 1.165) is 31.5 Å². The summed E-state index contributed by atoms with van der Waals surface area (Å²) in [5.74, 6) is 0.418. The number of carbonyl (C=O) groups excluding carboxylic acids is 1. The number of nitrogens with zero attached hydrogens (tertiary/aromatic N) is 4. The second-order valence-electron chi connectivity index (χ2n) is 6.70. The molecule has 0 saturated carbocycles. The number of carbonyl (C=O) groups is 1. The van der Waals surface area contributed by atoms with Gasteiger partial charge in [-0.15, -0.1) is 0 Å². The number of aromatic nitrogens is 4. The second kappa shape index (κ2) is 8.24. The molecular formula is C20H26N6O2. The monoisotopic (exact) mass is 382 g/mol. The lowest BCUT2D eigenvalue weighted by molar-refractivity contribution is 0.0963. The van der Waals surface area contributed by atoms with Gasteiger partial charge in [0.1, 0.15) is 11.2 Å². The van der Waals surface area contributed by atoms with Crippen LogP contribution in [-0.4, -0.2) is 45.8 Å². The van der Waals surface area contributed by atoms with Gasteiger partial charge in [0.25, 0.3) is 11.5 Å². The van der Waals surface area contributed by atoms with Gasteiger partial charge < -0.3 is 10.2 Å². The maximum atomic E-state index is 12.7. The number of H-pyrrole nitrogens is 1. The fourth-order valence-corrected chi connectivity index (χ4v) is 3.30. The molecule has 28 heavy (non-hydrogen) atoms. The third-order valence-corrected chi connectivity index (χ3v) is 4.61. The van der Waals surface area contributed by atoms with Gasteiger partial charge in [-0.1, -0.05) is 26.0 Å². The molecular weight excluding hydrogens is 356 g/mol. The Morgan fingerprint density at radius 3 is 2.39 bits per heavy atom. The minimum absolute atomic E-state index is 0.149. The number of aromatic amines is 1. The molecule has 0 radical (unpaired) electrons. The number of nitrogens with one attached hydrogen (secondary N) is 2. The van der Waals surface area contributed by atoms with E-state index in [4.69, 9.17) is 4.98 Å². The number of fused-ring (bicyclic) bond motifs is 1. The number of benzene rings is 1. The SMILES string of the molecule is CCCN(CCC)c1nc2c(-c3ccc(C(=O)NC)cc3)nn(C)c2c(=O)[nH]1. The molecule has 0 aliphatic heterocycles. The minimum atomic E-state index is -0.208. The summed E-state index contributed by atoms with van der Waals surface area (Å²) in [4.78, 5) is 34.2. The van der Waals surface area contributed by atoms with Crippen LogP contribution in [0.1, 0.15) is 37.0 Å². The summed E-state index contributed by atoms with van der Waals surface area (Å²) >= 11 is 0. The van der Waals surface area contributed by atoms with Crippen LogP contribution >= 0.6 is 0 Å². The van der Waals surface area contributed by atoms with Gasteiger partial charge in [-0.3, -0.25) is 19.3 Å². The highest BCUT2D eigenvalue weighted by molar-refractivity contribution is 5.95. The first-order chi connectivity index (χ1) is 13.5. The number of amides is 1. The highest BCUT2D eigenvalue weighted by Gasteiger charge is 2.19. The van der Waals surface area contributed by atoms with Crippen LogP contribution in [0.5, 0.6) is 0 Å². The topological polar surface area (TPSA) is 95.9 Å². The molecule has 1 aromatic carbocycles. The molecule has 8 nitrogen and oxygen atoms in total. The molecule has 3 aromatic rings. The summed E-state index contributed by atoms with van der Waals surface area (Å²) in [5.41, 5.74) is 2.78. The van der Waals surface area contributed by atoms with Gasteiger partial charge in [-0.2, -0.15) is 5.10 Å². The summed E-state index contributed by atoms with van der Waals surface area (Å²) < 4.78 is 1.55. The fourth-order valence-electron chi connectivity index (χ4n) is 3.30. The van der Waals surface area contributed by atoms with E-state index < -0.39 is 0 Å². The van der Waals surface area contributed by atoms with Crippen molar-refractivity contribution in [1.82, 2.24) is 25.1 Å². The molecule has 0 atom stereocenters. The first kappa shape index (κ1) is 19.6. The predicted octanol–water partition coefficient (Wildman–Crippen LogP) is 2.31. The molecule has 0 aliphatic rings. The number of rotatable bonds is 7. The van der Waals surface area contributed by atoms with Crippen molar-refractivity contribution < 1.29 is 4.79 Å². The highest BCUT2D eigenvalue weighted by Crippen LogP contribution is 2.26. The van der Waals surface area contributed by atoms with Crippen molar-refractivity contribution in [2.75, 3.05) is 25.0 Å². The maximum Gasteiger partial charge on any atom is 0.278 e. The van der Waals surface area contributed by atoms with Crippen molar-refractivity contribution in [3.63, 3.8) is 0 Å². The molecule has 0 unspecified atom stereocenters. The molecule has 0 spiro atoms. The van der Waals surface area contributed by atoms with Crippen LogP contribution in [-0.2, 0) is 7.05 Å². The maximum absolute atomic E-state index is 12.7. The van der Waals surface area contributed by atoms with Gasteiger partial charge in [0.05, 0.1) is 0 Å². The van der Waals surface area contributed by atoms with Crippen molar-refractivity contribution in [1.29, 1.82) is 0 Å². The highest BCUT2D eigenvalue weighted by atomic mass is 16.1. The first-order valence-corrected chi connectivity index (χ1v) is 9.54. The summed E-state index contributed by atoms with van der Waals surface area (Å²) in [7, 11) is 3.33. The van der Waals surface area contributed by atoms with Gasteiger partial charge in [-0.25, -0.2) is 4.98 Å². The molecule has 1 amide bonds. The zero-order valence-corrected chi connectivity index (χ0v) is 16.7. The minimum Gasteiger partial charge on any atom is -0.355 e. The summed E-state index contributed by atoms with van der Waals surface area (Å²) in [5, 5.41) is 7.13. The van der Waals surface area contributed by atoms with Gasteiger partial charge in [0.2, 0.25) is 5.95 Å². The van der Waals surface area contributed by atoms with Crippen LogP contribution in [0.4, 0.5) is 5.95 Å². The Hall–Kier alpha value is -3.16. The van der Waals surface area contributed by atoms with Gasteiger partial charge in [0, 0.05) is 38.3 Å². The van der Waals surface area contributed by atoms with E-state index in [9.17, 15) is 9.59 Å². The second-order valence-corrected chi connectivity index (χ2v) is 6.70. The van der Waals surface area contributed by atoms with Gasteiger partial charge in [-0.05, 0) is 25.0 Å². The van der Waals surface area contributed by atoms with Crippen LogP contribution in [0.15, 0.2) is 29.1 Å². The molecule has 0 fully saturated rings. The zero-order valence-electron chi connectivity index (χ0n) is 16.7. The van der Waals surface area contributed by atoms with E-state index in [-0.39, 0.29) is 11.5 Å². The van der Waals surface area contributed by atoms with Crippen LogP contribution in [0.25, 0.3) is 22.3 Å². The smallest absolute Gasteiger partial charge is 0.278 e. The summed E-state index contributed by atoms with van der Waals surface area (Å²) in [6.07, 6.45) is 1.92. The van der Waals surface area contributed by atoms with E-state index >= 15 is 0 Å². The van der Waals surface area contributed by atoms with E-state index in [1.807, 2.05) is 12.1 Å². The Bertz CT molecular complexity index is 1030. The number of hydrogen-bond acceptors (Lipinski definition) is 5. The molecule has 148 valence electrons. The van der Waals surface area contributed by atoms with Crippen LogP contribution in [0.3, 0.4) is 0 Å². The Morgan fingerprint density at radius 2 is 1.82 bits per heavy atom. The largest absolute Gasteiger partial charge is 0.355 e. The Kier molecular flexibility index (Phi) is 5.77. The molecule has 2 heterocycles. The van der Waals surface area contributed by atoms with Crippen LogP contribution in [0, 0.1) is 0 Å².